The van der Waals surface area contributed by atoms with E-state index in [9.17, 15) is 4.79 Å². The molecule has 126 valence electrons. The van der Waals surface area contributed by atoms with Crippen LogP contribution in [0.25, 0.3) is 0 Å². The van der Waals surface area contributed by atoms with Gasteiger partial charge in [0.15, 0.2) is 0 Å². The second-order valence-corrected chi connectivity index (χ2v) is 7.93. The molecule has 1 aromatic carbocycles. The molecule has 0 radical (unpaired) electrons. The van der Waals surface area contributed by atoms with Crippen molar-refractivity contribution in [3.63, 3.8) is 0 Å². The highest BCUT2D eigenvalue weighted by Crippen LogP contribution is 2.32. The number of hydrazone groups is 1. The van der Waals surface area contributed by atoms with Gasteiger partial charge in [-0.2, -0.15) is 5.10 Å². The van der Waals surface area contributed by atoms with E-state index in [1.807, 2.05) is 18.2 Å². The van der Waals surface area contributed by atoms with Gasteiger partial charge in [-0.15, -0.1) is 11.3 Å². The summed E-state index contributed by atoms with van der Waals surface area (Å²) in [6.07, 6.45) is 3.15. The summed E-state index contributed by atoms with van der Waals surface area (Å²) in [6.45, 7) is 6.30. The first-order chi connectivity index (χ1) is 11.5. The molecular weight excluding hydrogens is 316 g/mol. The molecule has 3 rings (SSSR count). The molecule has 1 aromatic heterocycles. The topological polar surface area (TPSA) is 32.7 Å². The number of carbonyl (C=O) groups excluding carboxylic acids is 1. The highest BCUT2D eigenvalue weighted by Gasteiger charge is 2.38. The first kappa shape index (κ1) is 16.9. The average Bonchev–Trinajstić information content (AvgIpc) is 3.10. The predicted octanol–water partition coefficient (Wildman–Crippen LogP) is 4.79. The van der Waals surface area contributed by atoms with Gasteiger partial charge in [0.25, 0.3) is 0 Å². The van der Waals surface area contributed by atoms with Crippen molar-refractivity contribution in [2.75, 3.05) is 0 Å². The predicted molar refractivity (Wildman–Crippen MR) is 101 cm³/mol. The summed E-state index contributed by atoms with van der Waals surface area (Å²) in [6, 6.07) is 12.4. The summed E-state index contributed by atoms with van der Waals surface area (Å²) < 4.78 is 0. The largest absolute Gasteiger partial charge is 0.273 e. The van der Waals surface area contributed by atoms with E-state index in [1.165, 1.54) is 16.0 Å². The average molecular weight is 340 g/mol. The van der Waals surface area contributed by atoms with E-state index in [2.05, 4.69) is 49.5 Å². The van der Waals surface area contributed by atoms with Crippen molar-refractivity contribution in [2.24, 2.45) is 5.10 Å². The Balaban J connectivity index is 1.65. The molecule has 3 nitrogen and oxygen atoms in total. The van der Waals surface area contributed by atoms with Crippen LogP contribution in [0.5, 0.6) is 0 Å². The van der Waals surface area contributed by atoms with Crippen LogP contribution in [0.4, 0.5) is 0 Å². The van der Waals surface area contributed by atoms with Gasteiger partial charge < -0.3 is 0 Å². The molecule has 0 aliphatic carbocycles. The van der Waals surface area contributed by atoms with Crippen LogP contribution < -0.4 is 0 Å². The third-order valence-electron chi connectivity index (χ3n) is 4.45. The second kappa shape index (κ2) is 6.89. The molecular formula is C20H24N2OS. The zero-order valence-corrected chi connectivity index (χ0v) is 15.4. The van der Waals surface area contributed by atoms with Crippen LogP contribution in [0.2, 0.25) is 0 Å². The Morgan fingerprint density at radius 1 is 1.25 bits per heavy atom. The molecule has 2 aromatic rings. The Morgan fingerprint density at radius 2 is 2.00 bits per heavy atom. The van der Waals surface area contributed by atoms with Crippen LogP contribution in [0.15, 0.2) is 46.9 Å². The lowest BCUT2D eigenvalue weighted by Crippen LogP contribution is -2.40. The number of carbonyl (C=O) groups is 1. The molecule has 0 spiro atoms. The molecule has 1 aliphatic rings. The third-order valence-corrected chi connectivity index (χ3v) is 5.52. The Morgan fingerprint density at radius 3 is 2.67 bits per heavy atom. The van der Waals surface area contributed by atoms with Crippen LogP contribution in [0.3, 0.4) is 0 Å². The van der Waals surface area contributed by atoms with E-state index in [4.69, 9.17) is 0 Å². The van der Waals surface area contributed by atoms with E-state index >= 15 is 0 Å². The fourth-order valence-electron chi connectivity index (χ4n) is 3.16. The Hall–Kier alpha value is -1.94. The first-order valence-corrected chi connectivity index (χ1v) is 9.34. The Bertz CT molecular complexity index is 746. The van der Waals surface area contributed by atoms with Crippen molar-refractivity contribution in [3.8, 4) is 0 Å². The smallest absolute Gasteiger partial charge is 0.243 e. The molecule has 0 saturated carbocycles. The summed E-state index contributed by atoms with van der Waals surface area (Å²) in [4.78, 5) is 13.9. The zero-order valence-electron chi connectivity index (χ0n) is 14.6. The van der Waals surface area contributed by atoms with Crippen molar-refractivity contribution < 1.29 is 4.79 Å². The number of hydrogen-bond donors (Lipinski definition) is 0. The Kier molecular flexibility index (Phi) is 4.86. The number of hydrogen-bond acceptors (Lipinski definition) is 3. The van der Waals surface area contributed by atoms with Crippen molar-refractivity contribution in [3.05, 3.63) is 57.8 Å². The molecule has 0 fully saturated rings. The van der Waals surface area contributed by atoms with Crippen LogP contribution >= 0.6 is 11.3 Å². The van der Waals surface area contributed by atoms with Crippen LogP contribution in [0, 0.1) is 6.92 Å². The van der Waals surface area contributed by atoms with Gasteiger partial charge in [-0.05, 0) is 56.2 Å². The van der Waals surface area contributed by atoms with E-state index in [0.717, 1.165) is 25.0 Å². The number of rotatable bonds is 5. The van der Waals surface area contributed by atoms with Crippen molar-refractivity contribution in [1.82, 2.24) is 5.01 Å². The third kappa shape index (κ3) is 3.59. The zero-order chi connectivity index (χ0) is 17.2. The number of nitrogens with zero attached hydrogens (tertiary/aromatic N) is 2. The molecule has 24 heavy (non-hydrogen) atoms. The lowest BCUT2D eigenvalue weighted by Gasteiger charge is -2.28. The number of aryl methyl sites for hydroxylation is 2. The molecule has 0 atom stereocenters. The molecule has 2 heterocycles. The van der Waals surface area contributed by atoms with E-state index in [-0.39, 0.29) is 11.4 Å². The maximum absolute atomic E-state index is 12.7. The molecule has 0 saturated heterocycles. The van der Waals surface area contributed by atoms with Crippen molar-refractivity contribution in [1.29, 1.82) is 0 Å². The van der Waals surface area contributed by atoms with Crippen molar-refractivity contribution in [2.45, 2.75) is 52.0 Å². The van der Waals surface area contributed by atoms with Gasteiger partial charge in [0.1, 0.15) is 0 Å². The molecule has 0 bridgehead atoms. The van der Waals surface area contributed by atoms with Gasteiger partial charge in [-0.3, -0.25) is 4.79 Å². The summed E-state index contributed by atoms with van der Waals surface area (Å²) in [5, 5.41) is 8.48. The SMILES string of the molecule is Cc1ccsc1C1=NN(C(=O)CCCc2ccccc2)C(C)(C)C1. The first-order valence-electron chi connectivity index (χ1n) is 8.46. The number of amides is 1. The normalized spacial score (nSPS) is 16.3. The number of benzene rings is 1. The minimum absolute atomic E-state index is 0.125. The monoisotopic (exact) mass is 340 g/mol. The van der Waals surface area contributed by atoms with Gasteiger partial charge in [0, 0.05) is 12.8 Å². The summed E-state index contributed by atoms with van der Waals surface area (Å²) >= 11 is 1.71. The fraction of sp³-hybridized carbons (Fsp3) is 0.400. The molecule has 0 N–H and O–H groups in total. The highest BCUT2D eigenvalue weighted by atomic mass is 32.1. The highest BCUT2D eigenvalue weighted by molar-refractivity contribution is 7.12. The van der Waals surface area contributed by atoms with Crippen LogP contribution in [-0.4, -0.2) is 22.2 Å². The lowest BCUT2D eigenvalue weighted by atomic mass is 9.96. The lowest BCUT2D eigenvalue weighted by molar-refractivity contribution is -0.135. The fourth-order valence-corrected chi connectivity index (χ4v) is 4.07. The summed E-state index contributed by atoms with van der Waals surface area (Å²) in [7, 11) is 0. The van der Waals surface area contributed by atoms with Gasteiger partial charge >= 0.3 is 0 Å². The Labute approximate surface area is 148 Å². The minimum Gasteiger partial charge on any atom is -0.273 e. The van der Waals surface area contributed by atoms with Crippen LogP contribution in [0.1, 0.15) is 49.1 Å². The summed E-state index contributed by atoms with van der Waals surface area (Å²) in [5.41, 5.74) is 3.33. The second-order valence-electron chi connectivity index (χ2n) is 7.01. The maximum atomic E-state index is 12.7. The summed E-state index contributed by atoms with van der Waals surface area (Å²) in [5.74, 6) is 0.125. The van der Waals surface area contributed by atoms with Crippen molar-refractivity contribution >= 4 is 23.0 Å². The minimum atomic E-state index is -0.240. The van der Waals surface area contributed by atoms with Crippen LogP contribution in [-0.2, 0) is 11.2 Å². The molecule has 1 amide bonds. The van der Waals surface area contributed by atoms with E-state index in [1.54, 1.807) is 16.3 Å². The maximum Gasteiger partial charge on any atom is 0.243 e. The molecule has 0 unspecified atom stereocenters. The van der Waals surface area contributed by atoms with E-state index < -0.39 is 0 Å². The van der Waals surface area contributed by atoms with E-state index in [0.29, 0.717) is 6.42 Å². The van der Waals surface area contributed by atoms with Gasteiger partial charge in [0.2, 0.25) is 5.91 Å². The van der Waals surface area contributed by atoms with Gasteiger partial charge in [-0.1, -0.05) is 30.3 Å². The number of thiophene rings is 1. The quantitative estimate of drug-likeness (QED) is 0.770. The molecule has 1 aliphatic heterocycles. The van der Waals surface area contributed by atoms with Gasteiger partial charge in [0.05, 0.1) is 16.1 Å². The molecule has 4 heteroatoms. The van der Waals surface area contributed by atoms with Gasteiger partial charge in [-0.25, -0.2) is 5.01 Å². The standard InChI is InChI=1S/C20H24N2OS/c1-15-12-13-24-19(15)17-14-20(2,3)22(21-17)18(23)11-7-10-16-8-5-4-6-9-16/h4-6,8-9,12-13H,7,10-11,14H2,1-3H3.